The molecule has 0 aromatic heterocycles. The second-order valence-corrected chi connectivity index (χ2v) is 7.68. The molecular formula is C19H24F5NO. The topological polar surface area (TPSA) is 29.1 Å². The molecule has 1 aromatic rings. The largest absolute Gasteiger partial charge is 0.353 e. The molecule has 1 amide bonds. The molecule has 0 unspecified atom stereocenters. The van der Waals surface area contributed by atoms with Gasteiger partial charge in [0.2, 0.25) is 11.7 Å². The van der Waals surface area contributed by atoms with Crippen molar-refractivity contribution in [3.63, 3.8) is 0 Å². The molecular weight excluding hydrogens is 353 g/mol. The number of hydrogen-bond donors (Lipinski definition) is 1. The Morgan fingerprint density at radius 3 is 1.85 bits per heavy atom. The van der Waals surface area contributed by atoms with Gasteiger partial charge >= 0.3 is 0 Å². The summed E-state index contributed by atoms with van der Waals surface area (Å²) in [6.07, 6.45) is 3.48. The number of rotatable bonds is 5. The molecule has 26 heavy (non-hydrogen) atoms. The van der Waals surface area contributed by atoms with Crippen molar-refractivity contribution in [2.75, 3.05) is 0 Å². The van der Waals surface area contributed by atoms with Crippen LogP contribution in [0.1, 0.15) is 58.4 Å². The smallest absolute Gasteiger partial charge is 0.224 e. The minimum absolute atomic E-state index is 0.146. The lowest BCUT2D eigenvalue weighted by molar-refractivity contribution is -0.121. The fourth-order valence-electron chi connectivity index (χ4n) is 3.55. The van der Waals surface area contributed by atoms with Crippen molar-refractivity contribution in [1.82, 2.24) is 5.32 Å². The summed E-state index contributed by atoms with van der Waals surface area (Å²) in [6, 6.07) is -0.146. The Kier molecular flexibility index (Phi) is 6.29. The Labute approximate surface area is 150 Å². The van der Waals surface area contributed by atoms with E-state index in [1.54, 1.807) is 0 Å². The molecule has 0 heterocycles. The highest BCUT2D eigenvalue weighted by Gasteiger charge is 2.33. The molecule has 7 heteroatoms. The third-order valence-electron chi connectivity index (χ3n) is 5.75. The van der Waals surface area contributed by atoms with Gasteiger partial charge in [-0.2, -0.15) is 0 Å². The lowest BCUT2D eigenvalue weighted by atomic mass is 9.69. The van der Waals surface area contributed by atoms with Crippen LogP contribution in [0, 0.1) is 40.4 Å². The van der Waals surface area contributed by atoms with Gasteiger partial charge in [-0.25, -0.2) is 22.0 Å². The summed E-state index contributed by atoms with van der Waals surface area (Å²) in [6.45, 7) is 6.55. The van der Waals surface area contributed by atoms with Crippen LogP contribution in [-0.2, 0) is 11.2 Å². The molecule has 2 nitrogen and oxygen atoms in total. The Morgan fingerprint density at radius 1 is 0.923 bits per heavy atom. The second-order valence-electron chi connectivity index (χ2n) is 7.68. The van der Waals surface area contributed by atoms with Crippen LogP contribution in [0.4, 0.5) is 22.0 Å². The van der Waals surface area contributed by atoms with Crippen molar-refractivity contribution in [3.05, 3.63) is 34.6 Å². The molecule has 0 atom stereocenters. The van der Waals surface area contributed by atoms with E-state index in [-0.39, 0.29) is 11.5 Å². The third-order valence-corrected chi connectivity index (χ3v) is 5.75. The highest BCUT2D eigenvalue weighted by molar-refractivity contribution is 5.79. The zero-order valence-electron chi connectivity index (χ0n) is 15.2. The number of carbonyl (C=O) groups excluding carboxylic acids is 1. The van der Waals surface area contributed by atoms with E-state index in [2.05, 4.69) is 26.1 Å². The minimum atomic E-state index is -2.22. The van der Waals surface area contributed by atoms with E-state index >= 15 is 0 Å². The molecule has 1 saturated carbocycles. The van der Waals surface area contributed by atoms with Gasteiger partial charge in [0.1, 0.15) is 0 Å². The summed E-state index contributed by atoms with van der Waals surface area (Å²) in [7, 11) is 0. The summed E-state index contributed by atoms with van der Waals surface area (Å²) in [5.74, 6) is -10.4. The maximum Gasteiger partial charge on any atom is 0.224 e. The summed E-state index contributed by atoms with van der Waals surface area (Å²) >= 11 is 0. The van der Waals surface area contributed by atoms with Gasteiger partial charge < -0.3 is 5.32 Å². The quantitative estimate of drug-likeness (QED) is 0.435. The normalized spacial score (nSPS) is 20.9. The molecule has 1 aromatic carbocycles. The molecule has 2 rings (SSSR count). The first-order chi connectivity index (χ1) is 12.1. The zero-order chi connectivity index (χ0) is 19.6. The van der Waals surface area contributed by atoms with Crippen molar-refractivity contribution in [2.24, 2.45) is 11.3 Å². The average molecular weight is 377 g/mol. The minimum Gasteiger partial charge on any atom is -0.353 e. The number of hydrogen-bond acceptors (Lipinski definition) is 1. The third kappa shape index (κ3) is 4.18. The maximum atomic E-state index is 13.7. The number of carbonyl (C=O) groups is 1. The van der Waals surface area contributed by atoms with Gasteiger partial charge in [-0.1, -0.05) is 27.2 Å². The van der Waals surface area contributed by atoms with Crippen molar-refractivity contribution >= 4 is 5.91 Å². The Balaban J connectivity index is 1.99. The highest BCUT2D eigenvalue weighted by Crippen LogP contribution is 2.40. The first-order valence-electron chi connectivity index (χ1n) is 8.88. The van der Waals surface area contributed by atoms with Crippen LogP contribution in [0.25, 0.3) is 0 Å². The number of halogens is 5. The van der Waals surface area contributed by atoms with E-state index in [1.807, 2.05) is 0 Å². The SMILES string of the molecule is CCC(C)(C)C1CCC(NC(=O)Cc2c(F)c(F)c(F)c(F)c2F)CC1. The van der Waals surface area contributed by atoms with Crippen molar-refractivity contribution in [3.8, 4) is 0 Å². The lowest BCUT2D eigenvalue weighted by Gasteiger charge is -2.39. The van der Waals surface area contributed by atoms with E-state index < -0.39 is 47.0 Å². The van der Waals surface area contributed by atoms with Gasteiger partial charge in [-0.05, 0) is 37.0 Å². The van der Waals surface area contributed by atoms with Crippen LogP contribution in [0.2, 0.25) is 0 Å². The molecule has 1 fully saturated rings. The van der Waals surface area contributed by atoms with Crippen molar-refractivity contribution in [2.45, 2.75) is 65.3 Å². The molecule has 0 spiro atoms. The standard InChI is InChI=1S/C19H24F5NO/c1-4-19(2,3)10-5-7-11(8-6-10)25-13(26)9-12-14(20)16(22)18(24)17(23)15(12)21/h10-11H,4-9H2,1-3H3,(H,25,26). The number of amides is 1. The molecule has 1 aliphatic rings. The molecule has 0 aliphatic heterocycles. The van der Waals surface area contributed by atoms with E-state index in [1.165, 1.54) is 0 Å². The Bertz CT molecular complexity index is 652. The number of benzene rings is 1. The molecule has 0 saturated heterocycles. The molecule has 1 N–H and O–H groups in total. The maximum absolute atomic E-state index is 13.7. The zero-order valence-corrected chi connectivity index (χ0v) is 15.2. The van der Waals surface area contributed by atoms with E-state index in [0.29, 0.717) is 5.92 Å². The average Bonchev–Trinajstić information content (AvgIpc) is 2.62. The van der Waals surface area contributed by atoms with Gasteiger partial charge in [-0.15, -0.1) is 0 Å². The molecule has 1 aliphatic carbocycles. The van der Waals surface area contributed by atoms with Crippen LogP contribution in [-0.4, -0.2) is 11.9 Å². The van der Waals surface area contributed by atoms with E-state index in [4.69, 9.17) is 0 Å². The van der Waals surface area contributed by atoms with Gasteiger partial charge in [0, 0.05) is 11.6 Å². The van der Waals surface area contributed by atoms with Crippen LogP contribution in [0.15, 0.2) is 0 Å². The van der Waals surface area contributed by atoms with Crippen molar-refractivity contribution < 1.29 is 26.7 Å². The molecule has 0 bridgehead atoms. The molecule has 0 radical (unpaired) electrons. The van der Waals surface area contributed by atoms with Crippen LogP contribution < -0.4 is 5.32 Å². The molecule has 146 valence electrons. The monoisotopic (exact) mass is 377 g/mol. The summed E-state index contributed by atoms with van der Waals surface area (Å²) in [5, 5.41) is 2.65. The predicted molar refractivity (Wildman–Crippen MR) is 87.9 cm³/mol. The van der Waals surface area contributed by atoms with Crippen LogP contribution >= 0.6 is 0 Å². The Hall–Kier alpha value is -1.66. The van der Waals surface area contributed by atoms with Crippen LogP contribution in [0.3, 0.4) is 0 Å². The first-order valence-corrected chi connectivity index (χ1v) is 8.88. The summed E-state index contributed by atoms with van der Waals surface area (Å²) < 4.78 is 66.8. The lowest BCUT2D eigenvalue weighted by Crippen LogP contribution is -2.40. The first kappa shape index (κ1) is 20.6. The second kappa shape index (κ2) is 7.92. The van der Waals surface area contributed by atoms with Crippen molar-refractivity contribution in [1.29, 1.82) is 0 Å². The summed E-state index contributed by atoms with van der Waals surface area (Å²) in [4.78, 5) is 12.0. The fraction of sp³-hybridized carbons (Fsp3) is 0.632. The number of nitrogens with one attached hydrogen (secondary N) is 1. The highest BCUT2D eigenvalue weighted by atomic mass is 19.2. The Morgan fingerprint density at radius 2 is 1.38 bits per heavy atom. The summed E-state index contributed by atoms with van der Waals surface area (Å²) in [5.41, 5.74) is -0.885. The van der Waals surface area contributed by atoms with Gasteiger partial charge in [-0.3, -0.25) is 4.79 Å². The fourth-order valence-corrected chi connectivity index (χ4v) is 3.55. The van der Waals surface area contributed by atoms with E-state index in [0.717, 1.165) is 32.1 Å². The van der Waals surface area contributed by atoms with Gasteiger partial charge in [0.15, 0.2) is 23.3 Å². The van der Waals surface area contributed by atoms with Gasteiger partial charge in [0.25, 0.3) is 0 Å². The predicted octanol–water partition coefficient (Wildman–Crippen LogP) is 5.04. The van der Waals surface area contributed by atoms with E-state index in [9.17, 15) is 26.7 Å². The van der Waals surface area contributed by atoms with Gasteiger partial charge in [0.05, 0.1) is 6.42 Å². The van der Waals surface area contributed by atoms with Crippen LogP contribution in [0.5, 0.6) is 0 Å².